The number of hydrogen-bond donors (Lipinski definition) is 0. The summed E-state index contributed by atoms with van der Waals surface area (Å²) in [6.45, 7) is 6.69. The van der Waals surface area contributed by atoms with Gasteiger partial charge in [-0.25, -0.2) is 9.78 Å². The van der Waals surface area contributed by atoms with Crippen LogP contribution in [0, 0.1) is 5.41 Å². The highest BCUT2D eigenvalue weighted by Gasteiger charge is 2.13. The fourth-order valence-corrected chi connectivity index (χ4v) is 1.20. The number of rotatable bonds is 3. The van der Waals surface area contributed by atoms with Crippen LogP contribution in [0.25, 0.3) is 0 Å². The Morgan fingerprint density at radius 1 is 1.50 bits per heavy atom. The minimum absolute atomic E-state index is 0.155. The van der Waals surface area contributed by atoms with Gasteiger partial charge in [0.15, 0.2) is 0 Å². The third-order valence-electron chi connectivity index (χ3n) is 2.02. The molecule has 4 heteroatoms. The fourth-order valence-electron chi connectivity index (χ4n) is 1.04. The van der Waals surface area contributed by atoms with Gasteiger partial charge >= 0.3 is 5.97 Å². The first-order valence-electron chi connectivity index (χ1n) is 5.17. The summed E-state index contributed by atoms with van der Waals surface area (Å²) in [6.07, 6.45) is 2.31. The van der Waals surface area contributed by atoms with Crippen molar-refractivity contribution in [3.05, 3.63) is 29.0 Å². The normalized spacial score (nSPS) is 11.2. The third-order valence-corrected chi connectivity index (χ3v) is 2.25. The Morgan fingerprint density at radius 3 is 2.75 bits per heavy atom. The Hall–Kier alpha value is -1.09. The monoisotopic (exact) mass is 241 g/mol. The molecule has 88 valence electrons. The summed E-state index contributed by atoms with van der Waals surface area (Å²) < 4.78 is 5.10. The molecule has 0 atom stereocenters. The zero-order valence-corrected chi connectivity index (χ0v) is 10.5. The Labute approximate surface area is 101 Å². The molecule has 0 radical (unpaired) electrons. The summed E-state index contributed by atoms with van der Waals surface area (Å²) >= 11 is 5.75. The quantitative estimate of drug-likeness (QED) is 0.762. The second-order valence-corrected chi connectivity index (χ2v) is 5.24. The van der Waals surface area contributed by atoms with E-state index in [1.807, 2.05) is 0 Å². The van der Waals surface area contributed by atoms with Crippen LogP contribution < -0.4 is 0 Å². The van der Waals surface area contributed by atoms with Gasteiger partial charge in [0.1, 0.15) is 5.69 Å². The summed E-state index contributed by atoms with van der Waals surface area (Å²) in [5.74, 6) is -0.424. The SMILES string of the molecule is CC(C)(C)CCOC(=O)c1cc(Cl)ccn1. The van der Waals surface area contributed by atoms with Crippen LogP contribution in [-0.4, -0.2) is 17.6 Å². The van der Waals surface area contributed by atoms with Crippen molar-refractivity contribution in [2.45, 2.75) is 27.2 Å². The van der Waals surface area contributed by atoms with Gasteiger partial charge in [0.2, 0.25) is 0 Å². The van der Waals surface area contributed by atoms with Crippen LogP contribution in [0.15, 0.2) is 18.3 Å². The molecule has 0 amide bonds. The van der Waals surface area contributed by atoms with E-state index in [1.54, 1.807) is 6.07 Å². The van der Waals surface area contributed by atoms with E-state index in [4.69, 9.17) is 16.3 Å². The van der Waals surface area contributed by atoms with Gasteiger partial charge in [-0.2, -0.15) is 0 Å². The van der Waals surface area contributed by atoms with E-state index in [1.165, 1.54) is 12.3 Å². The minimum atomic E-state index is -0.424. The molecule has 1 rings (SSSR count). The van der Waals surface area contributed by atoms with E-state index in [-0.39, 0.29) is 11.1 Å². The smallest absolute Gasteiger partial charge is 0.356 e. The molecule has 1 heterocycles. The van der Waals surface area contributed by atoms with Crippen molar-refractivity contribution in [3.63, 3.8) is 0 Å². The van der Waals surface area contributed by atoms with Gasteiger partial charge < -0.3 is 4.74 Å². The van der Waals surface area contributed by atoms with Crippen molar-refractivity contribution in [3.8, 4) is 0 Å². The lowest BCUT2D eigenvalue weighted by Crippen LogP contribution is -2.14. The molecule has 1 aromatic heterocycles. The van der Waals surface area contributed by atoms with Crippen LogP contribution in [0.4, 0.5) is 0 Å². The van der Waals surface area contributed by atoms with Crippen molar-refractivity contribution >= 4 is 17.6 Å². The predicted octanol–water partition coefficient (Wildman–Crippen LogP) is 3.33. The van der Waals surface area contributed by atoms with Gasteiger partial charge in [-0.05, 0) is 24.0 Å². The van der Waals surface area contributed by atoms with Crippen LogP contribution in [-0.2, 0) is 4.74 Å². The van der Waals surface area contributed by atoms with Crippen LogP contribution in [0.5, 0.6) is 0 Å². The Bertz CT molecular complexity index is 372. The summed E-state index contributed by atoms with van der Waals surface area (Å²) in [5, 5.41) is 0.484. The molecular weight excluding hydrogens is 226 g/mol. The number of aromatic nitrogens is 1. The largest absolute Gasteiger partial charge is 0.461 e. The Balaban J connectivity index is 2.47. The van der Waals surface area contributed by atoms with Gasteiger partial charge in [-0.1, -0.05) is 32.4 Å². The van der Waals surface area contributed by atoms with Gasteiger partial charge in [-0.3, -0.25) is 0 Å². The Kier molecular flexibility index (Phi) is 4.30. The van der Waals surface area contributed by atoms with Crippen molar-refractivity contribution in [1.82, 2.24) is 4.98 Å². The highest BCUT2D eigenvalue weighted by atomic mass is 35.5. The first-order chi connectivity index (χ1) is 7.38. The molecule has 0 spiro atoms. The van der Waals surface area contributed by atoms with Crippen molar-refractivity contribution < 1.29 is 9.53 Å². The number of halogens is 1. The lowest BCUT2D eigenvalue weighted by Gasteiger charge is -2.17. The molecule has 0 fully saturated rings. The molecule has 0 saturated carbocycles. The molecule has 1 aromatic rings. The third kappa shape index (κ3) is 4.62. The van der Waals surface area contributed by atoms with E-state index in [2.05, 4.69) is 25.8 Å². The van der Waals surface area contributed by atoms with Gasteiger partial charge in [0.25, 0.3) is 0 Å². The topological polar surface area (TPSA) is 39.2 Å². The summed E-state index contributed by atoms with van der Waals surface area (Å²) in [4.78, 5) is 15.4. The Morgan fingerprint density at radius 2 is 2.19 bits per heavy atom. The number of carbonyl (C=O) groups is 1. The predicted molar refractivity (Wildman–Crippen MR) is 63.6 cm³/mol. The molecule has 0 unspecified atom stereocenters. The van der Waals surface area contributed by atoms with Crippen molar-refractivity contribution in [2.75, 3.05) is 6.61 Å². The average molecular weight is 242 g/mol. The molecule has 0 aliphatic carbocycles. The summed E-state index contributed by atoms with van der Waals surface area (Å²) in [6, 6.07) is 3.12. The van der Waals surface area contributed by atoms with Crippen molar-refractivity contribution in [1.29, 1.82) is 0 Å². The van der Waals surface area contributed by atoms with Crippen LogP contribution in [0.2, 0.25) is 5.02 Å². The second kappa shape index (κ2) is 5.30. The van der Waals surface area contributed by atoms with E-state index in [0.717, 1.165) is 6.42 Å². The molecule has 0 aliphatic rings. The molecule has 0 aliphatic heterocycles. The molecule has 16 heavy (non-hydrogen) atoms. The maximum atomic E-state index is 11.5. The van der Waals surface area contributed by atoms with Crippen LogP contribution >= 0.6 is 11.6 Å². The number of ether oxygens (including phenoxy) is 1. The van der Waals surface area contributed by atoms with E-state index < -0.39 is 5.97 Å². The molecule has 0 N–H and O–H groups in total. The number of hydrogen-bond acceptors (Lipinski definition) is 3. The maximum Gasteiger partial charge on any atom is 0.356 e. The first kappa shape index (κ1) is 13.0. The highest BCUT2D eigenvalue weighted by Crippen LogP contribution is 2.18. The zero-order valence-electron chi connectivity index (χ0n) is 9.79. The van der Waals surface area contributed by atoms with Gasteiger partial charge in [0.05, 0.1) is 6.61 Å². The van der Waals surface area contributed by atoms with Crippen molar-refractivity contribution in [2.24, 2.45) is 5.41 Å². The standard InChI is InChI=1S/C12H16ClNO2/c1-12(2,3)5-7-16-11(15)10-8-9(13)4-6-14-10/h4,6,8H,5,7H2,1-3H3. The average Bonchev–Trinajstić information content (AvgIpc) is 2.15. The second-order valence-electron chi connectivity index (χ2n) is 4.81. The van der Waals surface area contributed by atoms with Crippen LogP contribution in [0.1, 0.15) is 37.7 Å². The number of carbonyl (C=O) groups excluding carboxylic acids is 1. The molecule has 0 bridgehead atoms. The number of esters is 1. The van der Waals surface area contributed by atoms with Crippen LogP contribution in [0.3, 0.4) is 0 Å². The number of nitrogens with zero attached hydrogens (tertiary/aromatic N) is 1. The lowest BCUT2D eigenvalue weighted by molar-refractivity contribution is 0.0458. The van der Waals surface area contributed by atoms with Gasteiger partial charge in [0, 0.05) is 11.2 Å². The minimum Gasteiger partial charge on any atom is -0.461 e. The maximum absolute atomic E-state index is 11.5. The fraction of sp³-hybridized carbons (Fsp3) is 0.500. The molecule has 0 aromatic carbocycles. The van der Waals surface area contributed by atoms with E-state index in [9.17, 15) is 4.79 Å². The highest BCUT2D eigenvalue weighted by molar-refractivity contribution is 6.30. The van der Waals surface area contributed by atoms with Gasteiger partial charge in [-0.15, -0.1) is 0 Å². The van der Waals surface area contributed by atoms with E-state index >= 15 is 0 Å². The molecule has 3 nitrogen and oxygen atoms in total. The summed E-state index contributed by atoms with van der Waals surface area (Å²) in [5.41, 5.74) is 0.406. The summed E-state index contributed by atoms with van der Waals surface area (Å²) in [7, 11) is 0. The zero-order chi connectivity index (χ0) is 12.2. The molecule has 0 saturated heterocycles. The molecular formula is C12H16ClNO2. The first-order valence-corrected chi connectivity index (χ1v) is 5.55. The van der Waals surface area contributed by atoms with E-state index in [0.29, 0.717) is 11.6 Å². The lowest BCUT2D eigenvalue weighted by atomic mass is 9.93. The number of pyridine rings is 1.